The number of fused-ring (bicyclic) bond motifs is 2. The van der Waals surface area contributed by atoms with E-state index in [2.05, 4.69) is 15.3 Å². The van der Waals surface area contributed by atoms with E-state index in [1.165, 1.54) is 32.2 Å². The van der Waals surface area contributed by atoms with Gasteiger partial charge in [-0.1, -0.05) is 11.6 Å². The van der Waals surface area contributed by atoms with Crippen molar-refractivity contribution in [2.24, 2.45) is 10.7 Å². The Morgan fingerprint density at radius 2 is 1.94 bits per heavy atom. The van der Waals surface area contributed by atoms with Gasteiger partial charge in [-0.15, -0.1) is 0 Å². The van der Waals surface area contributed by atoms with Crippen molar-refractivity contribution in [3.63, 3.8) is 0 Å². The van der Waals surface area contributed by atoms with Gasteiger partial charge in [0.25, 0.3) is 5.91 Å². The number of rotatable bonds is 3. The van der Waals surface area contributed by atoms with Crippen molar-refractivity contribution < 1.29 is 22.0 Å². The summed E-state index contributed by atoms with van der Waals surface area (Å²) >= 11 is 5.88. The number of benzene rings is 1. The number of amidine groups is 1. The smallest absolute Gasteiger partial charge is 0.274 e. The average Bonchev–Trinajstić information content (AvgIpc) is 2.72. The molecule has 0 saturated carbocycles. The molecular weight excluding hydrogens is 474 g/mol. The molecule has 11 heteroatoms. The molecule has 3 N–H and O–H groups in total. The number of hydrogen-bond donors (Lipinski definition) is 2. The summed E-state index contributed by atoms with van der Waals surface area (Å²) < 4.78 is 56.4. The second-order valence-electron chi connectivity index (χ2n) is 8.85. The number of carbonyl (C=O) groups excluding carboxylic acids is 1. The Morgan fingerprint density at radius 3 is 2.61 bits per heavy atom. The fourth-order valence-electron chi connectivity index (χ4n) is 4.70. The number of halogens is 3. The lowest BCUT2D eigenvalue weighted by Gasteiger charge is -2.52. The van der Waals surface area contributed by atoms with E-state index in [9.17, 15) is 13.2 Å². The molecule has 0 spiro atoms. The molecule has 1 fully saturated rings. The first-order chi connectivity index (χ1) is 15.3. The van der Waals surface area contributed by atoms with Crippen LogP contribution in [0.2, 0.25) is 5.02 Å². The van der Waals surface area contributed by atoms with Crippen LogP contribution in [0.4, 0.5) is 14.5 Å². The summed E-state index contributed by atoms with van der Waals surface area (Å²) in [7, 11) is -4.47. The monoisotopic (exact) mass is 496 g/mol. The predicted molar refractivity (Wildman–Crippen MR) is 122 cm³/mol. The van der Waals surface area contributed by atoms with Crippen molar-refractivity contribution in [3.8, 4) is 0 Å². The summed E-state index contributed by atoms with van der Waals surface area (Å²) in [5.41, 5.74) is 4.31. The first-order valence-corrected chi connectivity index (χ1v) is 12.2. The van der Waals surface area contributed by atoms with Crippen LogP contribution in [-0.2, 0) is 15.4 Å². The van der Waals surface area contributed by atoms with Gasteiger partial charge in [0.15, 0.2) is 0 Å². The van der Waals surface area contributed by atoms with E-state index in [0.29, 0.717) is 10.6 Å². The first kappa shape index (κ1) is 23.6. The van der Waals surface area contributed by atoms with Gasteiger partial charge in [0.1, 0.15) is 27.6 Å². The number of sulfone groups is 1. The van der Waals surface area contributed by atoms with Crippen LogP contribution in [0.15, 0.2) is 35.5 Å². The fourth-order valence-corrected chi connectivity index (χ4v) is 7.45. The highest BCUT2D eigenvalue weighted by Crippen LogP contribution is 2.57. The highest BCUT2D eigenvalue weighted by molar-refractivity contribution is 7.95. The standard InChI is InChI=1S/C22H23ClF2N4O3S/c1-12-9-13(23)11-27-17(12)18(30)28-14-5-6-16(24)15(10-14)21(3)22(25)8-4-7-20(2,19(26)29-21)33(22,31)32/h5-6,9-11H,4,7-8H2,1-3H3,(H2,26,29)(H,28,30)/t20-,21+,22+/m0/s1. The third kappa shape index (κ3) is 3.18. The zero-order chi connectivity index (χ0) is 24.4. The maximum absolute atomic E-state index is 16.4. The van der Waals surface area contributed by atoms with Crippen LogP contribution in [0.25, 0.3) is 0 Å². The van der Waals surface area contributed by atoms with E-state index in [4.69, 9.17) is 17.3 Å². The maximum Gasteiger partial charge on any atom is 0.274 e. The van der Waals surface area contributed by atoms with E-state index >= 15 is 8.78 Å². The molecule has 4 rings (SSSR count). The SMILES string of the molecule is Cc1cc(Cl)cnc1C(=O)Nc1ccc(F)c([C@@]2(C)N=C(N)[C@]3(C)CCC[C@@]2(F)S3(=O)=O)c1. The molecule has 176 valence electrons. The Bertz CT molecular complexity index is 1320. The van der Waals surface area contributed by atoms with Gasteiger partial charge in [-0.2, -0.15) is 0 Å². The highest BCUT2D eigenvalue weighted by Gasteiger charge is 2.71. The van der Waals surface area contributed by atoms with E-state index in [-0.39, 0.29) is 42.0 Å². The van der Waals surface area contributed by atoms with Crippen molar-refractivity contribution in [1.29, 1.82) is 0 Å². The summed E-state index contributed by atoms with van der Waals surface area (Å²) in [6, 6.07) is 5.06. The molecule has 3 atom stereocenters. The minimum atomic E-state index is -4.47. The molecule has 2 aliphatic rings. The molecule has 0 aliphatic carbocycles. The number of nitrogens with one attached hydrogen (secondary N) is 1. The van der Waals surface area contributed by atoms with Gasteiger partial charge in [-0.05, 0) is 69.9 Å². The summed E-state index contributed by atoms with van der Waals surface area (Å²) in [6.07, 6.45) is 1.36. The highest BCUT2D eigenvalue weighted by atomic mass is 35.5. The topological polar surface area (TPSA) is 115 Å². The van der Waals surface area contributed by atoms with Crippen LogP contribution in [0.3, 0.4) is 0 Å². The Morgan fingerprint density at radius 1 is 1.24 bits per heavy atom. The Kier molecular flexibility index (Phi) is 5.33. The zero-order valence-corrected chi connectivity index (χ0v) is 19.8. The number of pyridine rings is 1. The molecule has 2 bridgehead atoms. The molecule has 1 saturated heterocycles. The van der Waals surface area contributed by atoms with Gasteiger partial charge >= 0.3 is 0 Å². The number of alkyl halides is 1. The lowest BCUT2D eigenvalue weighted by Crippen LogP contribution is -2.68. The van der Waals surface area contributed by atoms with E-state index in [0.717, 1.165) is 6.07 Å². The van der Waals surface area contributed by atoms with Crippen molar-refractivity contribution in [2.45, 2.75) is 55.3 Å². The van der Waals surface area contributed by atoms with Gasteiger partial charge in [0, 0.05) is 17.4 Å². The summed E-state index contributed by atoms with van der Waals surface area (Å²) in [5.74, 6) is -1.71. The zero-order valence-electron chi connectivity index (χ0n) is 18.2. The molecule has 0 unspecified atom stereocenters. The van der Waals surface area contributed by atoms with E-state index < -0.39 is 36.8 Å². The predicted octanol–water partition coefficient (Wildman–Crippen LogP) is 4.04. The molecular formula is C22H23ClF2N4O3S. The number of amides is 1. The van der Waals surface area contributed by atoms with Crippen LogP contribution < -0.4 is 11.1 Å². The fraction of sp³-hybridized carbons (Fsp3) is 0.409. The summed E-state index contributed by atoms with van der Waals surface area (Å²) in [4.78, 5) is 20.9. The van der Waals surface area contributed by atoms with Crippen LogP contribution in [-0.4, -0.2) is 34.9 Å². The first-order valence-electron chi connectivity index (χ1n) is 10.3. The van der Waals surface area contributed by atoms with Crippen LogP contribution in [0.1, 0.15) is 54.7 Å². The van der Waals surface area contributed by atoms with Crippen LogP contribution in [0, 0.1) is 12.7 Å². The molecule has 2 aliphatic heterocycles. The van der Waals surface area contributed by atoms with Gasteiger partial charge in [-0.3, -0.25) is 9.79 Å². The Hall–Kier alpha value is -2.59. The Balaban J connectivity index is 1.81. The van der Waals surface area contributed by atoms with Crippen molar-refractivity contribution >= 4 is 38.9 Å². The van der Waals surface area contributed by atoms with E-state index in [1.54, 1.807) is 13.0 Å². The summed E-state index contributed by atoms with van der Waals surface area (Å²) in [5, 5.41) is 0.0834. The number of nitrogens with two attached hydrogens (primary N) is 1. The number of aliphatic imine (C=N–C) groups is 1. The molecule has 7 nitrogen and oxygen atoms in total. The van der Waals surface area contributed by atoms with Crippen molar-refractivity contribution in [1.82, 2.24) is 4.98 Å². The molecule has 33 heavy (non-hydrogen) atoms. The number of carbonyl (C=O) groups is 1. The third-order valence-electron chi connectivity index (χ3n) is 6.79. The molecule has 1 aromatic heterocycles. The lowest BCUT2D eigenvalue weighted by atomic mass is 9.81. The van der Waals surface area contributed by atoms with Gasteiger partial charge in [0.2, 0.25) is 14.8 Å². The molecule has 0 radical (unpaired) electrons. The lowest BCUT2D eigenvalue weighted by molar-refractivity contribution is 0.102. The maximum atomic E-state index is 16.4. The second-order valence-corrected chi connectivity index (χ2v) is 11.8. The van der Waals surface area contributed by atoms with Gasteiger partial charge < -0.3 is 11.1 Å². The van der Waals surface area contributed by atoms with E-state index in [1.807, 2.05) is 0 Å². The van der Waals surface area contributed by atoms with Crippen LogP contribution in [0.5, 0.6) is 0 Å². The summed E-state index contributed by atoms with van der Waals surface area (Å²) in [6.45, 7) is 4.22. The quantitative estimate of drug-likeness (QED) is 0.665. The average molecular weight is 497 g/mol. The minimum Gasteiger partial charge on any atom is -0.386 e. The van der Waals surface area contributed by atoms with Gasteiger partial charge in [-0.25, -0.2) is 22.2 Å². The number of aryl methyl sites for hydroxylation is 1. The molecule has 2 aromatic rings. The van der Waals surface area contributed by atoms with Crippen molar-refractivity contribution in [2.75, 3.05) is 5.32 Å². The largest absolute Gasteiger partial charge is 0.386 e. The number of nitrogens with zero attached hydrogens (tertiary/aromatic N) is 2. The van der Waals surface area contributed by atoms with Crippen LogP contribution >= 0.6 is 11.6 Å². The normalized spacial score (nSPS) is 30.4. The van der Waals surface area contributed by atoms with Gasteiger partial charge in [0.05, 0.1) is 5.02 Å². The number of anilines is 1. The molecule has 1 aromatic carbocycles. The third-order valence-corrected chi connectivity index (χ3v) is 10.1. The number of hydrogen-bond acceptors (Lipinski definition) is 6. The second kappa shape index (κ2) is 7.46. The Labute approximate surface area is 195 Å². The molecule has 3 heterocycles. The molecule has 1 amide bonds. The van der Waals surface area contributed by atoms with Crippen molar-refractivity contribution in [3.05, 3.63) is 58.1 Å². The minimum absolute atomic E-state index is 0.101. The number of aromatic nitrogens is 1.